The first-order valence-corrected chi connectivity index (χ1v) is 9.41. The summed E-state index contributed by atoms with van der Waals surface area (Å²) in [5.41, 5.74) is 3.67. The molecule has 140 valence electrons. The van der Waals surface area contributed by atoms with Gasteiger partial charge >= 0.3 is 0 Å². The van der Waals surface area contributed by atoms with Crippen LogP contribution in [0.25, 0.3) is 0 Å². The summed E-state index contributed by atoms with van der Waals surface area (Å²) in [6.07, 6.45) is 4.95. The van der Waals surface area contributed by atoms with Crippen LogP contribution in [0.3, 0.4) is 0 Å². The number of hydrogen-bond acceptors (Lipinski definition) is 3. The van der Waals surface area contributed by atoms with Crippen molar-refractivity contribution in [2.75, 3.05) is 16.8 Å². The van der Waals surface area contributed by atoms with E-state index in [1.807, 2.05) is 18.2 Å². The van der Waals surface area contributed by atoms with E-state index in [9.17, 15) is 9.59 Å². The van der Waals surface area contributed by atoms with Gasteiger partial charge < -0.3 is 10.2 Å². The molecule has 0 spiro atoms. The molecular weight excluding hydrogens is 374 g/mol. The summed E-state index contributed by atoms with van der Waals surface area (Å²) in [6.45, 7) is 0.662. The van der Waals surface area contributed by atoms with Crippen LogP contribution in [0.2, 0.25) is 5.02 Å². The molecule has 1 aromatic heterocycles. The molecule has 0 radical (unpaired) electrons. The summed E-state index contributed by atoms with van der Waals surface area (Å²) >= 11 is 5.96. The number of amides is 2. The van der Waals surface area contributed by atoms with Crippen molar-refractivity contribution < 1.29 is 9.59 Å². The van der Waals surface area contributed by atoms with Crippen LogP contribution in [0.5, 0.6) is 0 Å². The molecule has 0 saturated heterocycles. The Morgan fingerprint density at radius 3 is 2.68 bits per heavy atom. The molecule has 1 aliphatic rings. The molecule has 0 fully saturated rings. The molecular formula is C22H18ClN3O2. The maximum Gasteiger partial charge on any atom is 0.259 e. The van der Waals surface area contributed by atoms with Gasteiger partial charge in [0.15, 0.2) is 0 Å². The minimum Gasteiger partial charge on any atom is -0.322 e. The number of rotatable bonds is 3. The third-order valence-electron chi connectivity index (χ3n) is 4.70. The van der Waals surface area contributed by atoms with Gasteiger partial charge in [-0.2, -0.15) is 0 Å². The van der Waals surface area contributed by atoms with Gasteiger partial charge in [-0.05, 0) is 66.9 Å². The summed E-state index contributed by atoms with van der Waals surface area (Å²) in [6, 6.07) is 16.0. The average molecular weight is 392 g/mol. The normalized spacial score (nSPS) is 13.0. The highest BCUT2D eigenvalue weighted by Gasteiger charge is 2.24. The van der Waals surface area contributed by atoms with Crippen LogP contribution in [-0.4, -0.2) is 23.3 Å². The Kier molecular flexibility index (Phi) is 5.08. The third kappa shape index (κ3) is 3.75. The molecule has 0 bridgehead atoms. The Morgan fingerprint density at radius 1 is 1.04 bits per heavy atom. The molecule has 3 aromatic rings. The lowest BCUT2D eigenvalue weighted by Crippen LogP contribution is -2.35. The molecule has 6 heteroatoms. The van der Waals surface area contributed by atoms with Crippen LogP contribution in [0.4, 0.5) is 11.4 Å². The van der Waals surface area contributed by atoms with Crippen molar-refractivity contribution in [2.45, 2.75) is 12.8 Å². The predicted octanol–water partition coefficient (Wildman–Crippen LogP) is 4.58. The number of halogens is 1. The van der Waals surface area contributed by atoms with Crippen LogP contribution >= 0.6 is 11.6 Å². The zero-order chi connectivity index (χ0) is 19.5. The van der Waals surface area contributed by atoms with Gasteiger partial charge in [-0.1, -0.05) is 17.7 Å². The molecule has 0 atom stereocenters. The Labute approximate surface area is 168 Å². The van der Waals surface area contributed by atoms with Gasteiger partial charge in [-0.15, -0.1) is 0 Å². The van der Waals surface area contributed by atoms with Crippen LogP contribution < -0.4 is 10.2 Å². The highest BCUT2D eigenvalue weighted by Crippen LogP contribution is 2.31. The monoisotopic (exact) mass is 391 g/mol. The Hall–Kier alpha value is -3.18. The van der Waals surface area contributed by atoms with Crippen molar-refractivity contribution in [3.05, 3.63) is 88.7 Å². The van der Waals surface area contributed by atoms with Crippen molar-refractivity contribution in [1.29, 1.82) is 0 Å². The lowest BCUT2D eigenvalue weighted by Gasteiger charge is -2.30. The second-order valence-electron chi connectivity index (χ2n) is 6.61. The van der Waals surface area contributed by atoms with E-state index in [-0.39, 0.29) is 11.8 Å². The third-order valence-corrected chi connectivity index (χ3v) is 4.93. The van der Waals surface area contributed by atoms with Crippen molar-refractivity contribution in [1.82, 2.24) is 4.98 Å². The second kappa shape index (κ2) is 7.82. The highest BCUT2D eigenvalue weighted by molar-refractivity contribution is 6.31. The van der Waals surface area contributed by atoms with E-state index in [1.54, 1.807) is 53.7 Å². The quantitative estimate of drug-likeness (QED) is 0.710. The second-order valence-corrected chi connectivity index (χ2v) is 7.05. The first-order chi connectivity index (χ1) is 13.6. The van der Waals surface area contributed by atoms with E-state index in [1.165, 1.54) is 0 Å². The molecule has 2 amide bonds. The zero-order valence-corrected chi connectivity index (χ0v) is 15.8. The summed E-state index contributed by atoms with van der Waals surface area (Å²) in [7, 11) is 0. The zero-order valence-electron chi connectivity index (χ0n) is 15.1. The number of pyridine rings is 1. The van der Waals surface area contributed by atoms with Crippen LogP contribution in [0.15, 0.2) is 67.0 Å². The van der Waals surface area contributed by atoms with E-state index in [2.05, 4.69) is 10.3 Å². The lowest BCUT2D eigenvalue weighted by atomic mass is 10.00. The molecule has 0 unspecified atom stereocenters. The number of anilines is 2. The van der Waals surface area contributed by atoms with Gasteiger partial charge in [0.25, 0.3) is 11.8 Å². The molecule has 0 aliphatic carbocycles. The SMILES string of the molecule is O=C(Nc1ccc2c(c1)CCCN2C(=O)c1cccnc1)c1cccc(Cl)c1. The van der Waals surface area contributed by atoms with Gasteiger partial charge in [0.05, 0.1) is 5.56 Å². The number of nitrogens with zero attached hydrogens (tertiary/aromatic N) is 2. The number of nitrogens with one attached hydrogen (secondary N) is 1. The van der Waals surface area contributed by atoms with E-state index in [0.717, 1.165) is 24.1 Å². The molecule has 0 saturated carbocycles. The van der Waals surface area contributed by atoms with E-state index in [0.29, 0.717) is 28.4 Å². The van der Waals surface area contributed by atoms with Crippen LogP contribution in [0, 0.1) is 0 Å². The minimum absolute atomic E-state index is 0.0650. The fraction of sp³-hybridized carbons (Fsp3) is 0.136. The molecule has 1 N–H and O–H groups in total. The van der Waals surface area contributed by atoms with E-state index in [4.69, 9.17) is 11.6 Å². The Bertz CT molecular complexity index is 1040. The number of aromatic nitrogens is 1. The van der Waals surface area contributed by atoms with Crippen LogP contribution in [0.1, 0.15) is 32.7 Å². The summed E-state index contributed by atoms with van der Waals surface area (Å²) in [5.74, 6) is -0.286. The van der Waals surface area contributed by atoms with Gasteiger partial charge in [-0.25, -0.2) is 0 Å². The number of fused-ring (bicyclic) bond motifs is 1. The highest BCUT2D eigenvalue weighted by atomic mass is 35.5. The molecule has 2 heterocycles. The maximum absolute atomic E-state index is 12.8. The minimum atomic E-state index is -0.221. The number of aryl methyl sites for hydroxylation is 1. The topological polar surface area (TPSA) is 62.3 Å². The predicted molar refractivity (Wildman–Crippen MR) is 110 cm³/mol. The average Bonchev–Trinajstić information content (AvgIpc) is 2.73. The van der Waals surface area contributed by atoms with Gasteiger partial charge in [0.1, 0.15) is 0 Å². The Balaban J connectivity index is 1.56. The summed E-state index contributed by atoms with van der Waals surface area (Å²) in [4.78, 5) is 31.1. The Morgan fingerprint density at radius 2 is 1.89 bits per heavy atom. The van der Waals surface area contributed by atoms with E-state index >= 15 is 0 Å². The van der Waals surface area contributed by atoms with Crippen molar-refractivity contribution in [2.24, 2.45) is 0 Å². The van der Waals surface area contributed by atoms with E-state index < -0.39 is 0 Å². The largest absolute Gasteiger partial charge is 0.322 e. The molecule has 2 aromatic carbocycles. The molecule has 28 heavy (non-hydrogen) atoms. The first kappa shape index (κ1) is 18.2. The lowest BCUT2D eigenvalue weighted by molar-refractivity contribution is 0.0983. The number of hydrogen-bond donors (Lipinski definition) is 1. The molecule has 5 nitrogen and oxygen atoms in total. The van der Waals surface area contributed by atoms with Crippen molar-refractivity contribution in [3.8, 4) is 0 Å². The maximum atomic E-state index is 12.8. The molecule has 4 rings (SSSR count). The summed E-state index contributed by atoms with van der Waals surface area (Å²) in [5, 5.41) is 3.42. The fourth-order valence-corrected chi connectivity index (χ4v) is 3.55. The standard InChI is InChI=1S/C22H18ClN3O2/c23-18-7-1-4-16(12-18)21(27)25-19-8-9-20-15(13-19)6-3-11-26(20)22(28)17-5-2-10-24-14-17/h1-2,4-5,7-10,12-14H,3,6,11H2,(H,25,27). The van der Waals surface area contributed by atoms with Gasteiger partial charge in [0, 0.05) is 40.9 Å². The van der Waals surface area contributed by atoms with Crippen LogP contribution in [-0.2, 0) is 6.42 Å². The fourth-order valence-electron chi connectivity index (χ4n) is 3.36. The number of benzene rings is 2. The smallest absolute Gasteiger partial charge is 0.259 e. The number of carbonyl (C=O) groups is 2. The van der Waals surface area contributed by atoms with Gasteiger partial charge in [-0.3, -0.25) is 14.6 Å². The van der Waals surface area contributed by atoms with Crippen molar-refractivity contribution in [3.63, 3.8) is 0 Å². The first-order valence-electron chi connectivity index (χ1n) is 9.03. The van der Waals surface area contributed by atoms with Gasteiger partial charge in [0.2, 0.25) is 0 Å². The number of carbonyl (C=O) groups excluding carboxylic acids is 2. The summed E-state index contributed by atoms with van der Waals surface area (Å²) < 4.78 is 0. The molecule has 1 aliphatic heterocycles. The van der Waals surface area contributed by atoms with Crippen molar-refractivity contribution >= 4 is 34.8 Å².